The highest BCUT2D eigenvalue weighted by molar-refractivity contribution is 5.99. The third kappa shape index (κ3) is 6.73. The third-order valence-corrected chi connectivity index (χ3v) is 9.90. The van der Waals surface area contributed by atoms with Crippen molar-refractivity contribution in [2.75, 3.05) is 0 Å². The van der Waals surface area contributed by atoms with Crippen LogP contribution < -0.4 is 4.57 Å². The molecule has 10 nitrogen and oxygen atoms in total. The molecule has 0 fully saturated rings. The Morgan fingerprint density at radius 2 is 0.836 bits per heavy atom. The van der Waals surface area contributed by atoms with Crippen LogP contribution in [0.25, 0.3) is 90.9 Å². The molecule has 10 heteroatoms. The second kappa shape index (κ2) is 14.6. The van der Waals surface area contributed by atoms with Crippen molar-refractivity contribution in [1.82, 2.24) is 34.9 Å². The number of nitrogens with one attached hydrogen (secondary N) is 2. The molecule has 0 saturated heterocycles. The van der Waals surface area contributed by atoms with Gasteiger partial charge in [0.2, 0.25) is 0 Å². The van der Waals surface area contributed by atoms with Gasteiger partial charge in [-0.1, -0.05) is 0 Å². The van der Waals surface area contributed by atoms with Crippen molar-refractivity contribution < 1.29 is 14.5 Å². The van der Waals surface area contributed by atoms with Gasteiger partial charge in [0.25, 0.3) is 0 Å². The summed E-state index contributed by atoms with van der Waals surface area (Å²) in [5.74, 6) is -0.767. The van der Waals surface area contributed by atoms with E-state index < -0.39 is 5.97 Å². The van der Waals surface area contributed by atoms with Crippen molar-refractivity contribution in [1.29, 1.82) is 0 Å². The maximum absolute atomic E-state index is 11.0. The molecule has 0 spiro atoms. The van der Waals surface area contributed by atoms with Crippen LogP contribution >= 0.6 is 0 Å². The number of carboxylic acids is 1. The number of aliphatic carboxylic acids is 1. The fourth-order valence-corrected chi connectivity index (χ4v) is 7.32. The number of rotatable bonds is 9. The van der Waals surface area contributed by atoms with E-state index in [2.05, 4.69) is 90.2 Å². The minimum absolute atomic E-state index is 0.170. The van der Waals surface area contributed by atoms with Gasteiger partial charge in [0.15, 0.2) is 12.4 Å². The summed E-state index contributed by atoms with van der Waals surface area (Å²) in [5, 5.41) is 9.07. The van der Waals surface area contributed by atoms with Gasteiger partial charge in [0, 0.05) is 106 Å². The summed E-state index contributed by atoms with van der Waals surface area (Å²) in [7, 11) is 0. The predicted molar refractivity (Wildman–Crippen MR) is 216 cm³/mol. The summed E-state index contributed by atoms with van der Waals surface area (Å²) >= 11 is 0. The Kier molecular flexibility index (Phi) is 8.89. The Morgan fingerprint density at radius 3 is 1.18 bits per heavy atom. The number of H-pyrrole nitrogens is 2. The van der Waals surface area contributed by atoms with Crippen LogP contribution in [0.4, 0.5) is 0 Å². The maximum atomic E-state index is 11.0. The van der Waals surface area contributed by atoms with Crippen molar-refractivity contribution in [3.8, 4) is 44.5 Å². The van der Waals surface area contributed by atoms with E-state index in [0.717, 1.165) is 102 Å². The van der Waals surface area contributed by atoms with Crippen LogP contribution in [0.15, 0.2) is 122 Å². The number of aromatic amines is 2. The van der Waals surface area contributed by atoms with E-state index in [-0.39, 0.29) is 6.42 Å². The first-order valence-corrected chi connectivity index (χ1v) is 18.2. The van der Waals surface area contributed by atoms with Gasteiger partial charge in [0.1, 0.15) is 6.54 Å². The largest absolute Gasteiger partial charge is 0.481 e. The van der Waals surface area contributed by atoms with E-state index in [9.17, 15) is 4.79 Å². The summed E-state index contributed by atoms with van der Waals surface area (Å²) in [4.78, 5) is 42.1. The highest BCUT2D eigenvalue weighted by Crippen LogP contribution is 2.38. The molecule has 8 bridgehead atoms. The molecule has 0 amide bonds. The standard InChI is InChI=1S/C45H34N8O2/c54-41(55)3-1-2-26-53-27-18-32(19-28-53)45-39-10-8-37(51-39)43(30-14-22-47-23-15-30)35-6-4-33(49-35)42(29-12-20-46-21-13-29)34-5-7-36(50-34)44(31-16-24-48-25-17-31)38-9-11-40(45)52-38/h4-25,27-28H,1-3,26H2,(H2,49,50,51,52,54,55)/p+1. The van der Waals surface area contributed by atoms with Crippen molar-refractivity contribution in [2.45, 2.75) is 25.8 Å². The van der Waals surface area contributed by atoms with Crippen LogP contribution in [-0.4, -0.2) is 46.0 Å². The summed E-state index contributed by atoms with van der Waals surface area (Å²) < 4.78 is 2.09. The average molecular weight is 720 g/mol. The van der Waals surface area contributed by atoms with Crippen molar-refractivity contribution in [3.05, 3.63) is 145 Å². The minimum Gasteiger partial charge on any atom is -0.481 e. The van der Waals surface area contributed by atoms with Crippen LogP contribution in [0.3, 0.4) is 0 Å². The first-order valence-electron chi connectivity index (χ1n) is 18.2. The third-order valence-electron chi connectivity index (χ3n) is 9.90. The number of carbonyl (C=O) groups is 1. The normalized spacial score (nSPS) is 11.9. The van der Waals surface area contributed by atoms with Gasteiger partial charge in [-0.15, -0.1) is 0 Å². The fourth-order valence-electron chi connectivity index (χ4n) is 7.32. The van der Waals surface area contributed by atoms with Crippen molar-refractivity contribution in [2.24, 2.45) is 0 Å². The van der Waals surface area contributed by atoms with E-state index in [1.165, 1.54) is 0 Å². The van der Waals surface area contributed by atoms with Crippen LogP contribution in [0, 0.1) is 0 Å². The zero-order valence-corrected chi connectivity index (χ0v) is 29.7. The van der Waals surface area contributed by atoms with Gasteiger partial charge in [-0.2, -0.15) is 0 Å². The molecule has 55 heavy (non-hydrogen) atoms. The van der Waals surface area contributed by atoms with Gasteiger partial charge in [-0.05, 0) is 114 Å². The number of hydrogen-bond donors (Lipinski definition) is 3. The first kappa shape index (κ1) is 33.5. The van der Waals surface area contributed by atoms with Gasteiger partial charge in [-0.25, -0.2) is 14.5 Å². The predicted octanol–water partition coefficient (Wildman–Crippen LogP) is 9.05. The monoisotopic (exact) mass is 719 g/mol. The summed E-state index contributed by atoms with van der Waals surface area (Å²) in [5.41, 5.74) is 14.7. The highest BCUT2D eigenvalue weighted by Gasteiger charge is 2.19. The van der Waals surface area contributed by atoms with E-state index in [4.69, 9.17) is 15.1 Å². The Labute approximate surface area is 316 Å². The number of aryl methyl sites for hydroxylation is 1. The van der Waals surface area contributed by atoms with Gasteiger partial charge in [0.05, 0.1) is 22.8 Å². The smallest absolute Gasteiger partial charge is 0.303 e. The molecule has 0 radical (unpaired) electrons. The zero-order valence-electron chi connectivity index (χ0n) is 29.7. The van der Waals surface area contributed by atoms with Crippen LogP contribution in [-0.2, 0) is 11.3 Å². The molecule has 0 unspecified atom stereocenters. The molecule has 9 rings (SSSR count). The molecule has 7 aromatic heterocycles. The molecule has 9 heterocycles. The summed E-state index contributed by atoms with van der Waals surface area (Å²) in [6.07, 6.45) is 24.8. The lowest BCUT2D eigenvalue weighted by Crippen LogP contribution is -2.32. The van der Waals surface area contributed by atoms with Gasteiger partial charge < -0.3 is 15.1 Å². The Balaban J connectivity index is 1.35. The topological polar surface area (TPSA) is 137 Å². The molecule has 0 aliphatic carbocycles. The first-order chi connectivity index (χ1) is 27.1. The molecule has 7 aromatic rings. The maximum Gasteiger partial charge on any atom is 0.303 e. The van der Waals surface area contributed by atoms with E-state index in [0.29, 0.717) is 6.42 Å². The van der Waals surface area contributed by atoms with Crippen LogP contribution in [0.5, 0.6) is 0 Å². The number of pyridine rings is 4. The Bertz CT molecular complexity index is 2740. The fraction of sp³-hybridized carbons (Fsp3) is 0.0889. The van der Waals surface area contributed by atoms with Gasteiger partial charge in [-0.3, -0.25) is 19.7 Å². The van der Waals surface area contributed by atoms with E-state index in [1.54, 1.807) is 37.2 Å². The van der Waals surface area contributed by atoms with Gasteiger partial charge >= 0.3 is 5.97 Å². The SMILES string of the molecule is O=C(O)CCCC[n+]1ccc(-c2c3nc(c(-c4ccncc4)c4ccc([nH]4)c(-c4ccncc4)c4nc(c(-c5ccncc5)c5ccc2[nH]5)C=C4)C=C3)cc1. The molecular weight excluding hydrogens is 685 g/mol. The molecule has 2 aliphatic rings. The minimum atomic E-state index is -0.767. The summed E-state index contributed by atoms with van der Waals surface area (Å²) in [6, 6.07) is 24.6. The number of hydrogen-bond acceptors (Lipinski definition) is 6. The second-order valence-electron chi connectivity index (χ2n) is 13.4. The average Bonchev–Trinajstić information content (AvgIpc) is 4.06. The lowest BCUT2D eigenvalue weighted by Gasteiger charge is -2.06. The van der Waals surface area contributed by atoms with Crippen molar-refractivity contribution >= 4 is 52.3 Å². The quantitative estimate of drug-likeness (QED) is 0.100. The zero-order chi connectivity index (χ0) is 37.1. The van der Waals surface area contributed by atoms with Crippen LogP contribution in [0.1, 0.15) is 42.0 Å². The van der Waals surface area contributed by atoms with Crippen molar-refractivity contribution in [3.63, 3.8) is 0 Å². The van der Waals surface area contributed by atoms with Crippen LogP contribution in [0.2, 0.25) is 0 Å². The molecular formula is C45H35N8O2+. The van der Waals surface area contributed by atoms with E-state index >= 15 is 0 Å². The molecule has 0 atom stereocenters. The summed E-state index contributed by atoms with van der Waals surface area (Å²) in [6.45, 7) is 0.732. The lowest BCUT2D eigenvalue weighted by molar-refractivity contribution is -0.697. The number of carboxylic acid groups (broad SMARTS) is 1. The molecule has 3 N–H and O–H groups in total. The Hall–Kier alpha value is -7.33. The number of unbranched alkanes of at least 4 members (excludes halogenated alkanes) is 1. The molecule has 2 aliphatic heterocycles. The lowest BCUT2D eigenvalue weighted by atomic mass is 10.0. The molecule has 0 saturated carbocycles. The number of aromatic nitrogens is 8. The number of fused-ring (bicyclic) bond motifs is 8. The second-order valence-corrected chi connectivity index (χ2v) is 13.4. The Morgan fingerprint density at radius 1 is 0.491 bits per heavy atom. The van der Waals surface area contributed by atoms with E-state index in [1.807, 2.05) is 48.8 Å². The highest BCUT2D eigenvalue weighted by atomic mass is 16.4. The molecule has 0 aromatic carbocycles. The molecule has 266 valence electrons. The number of nitrogens with zero attached hydrogens (tertiary/aromatic N) is 6.